The Kier molecular flexibility index (Phi) is 6.23. The standard InChI is InChI=1S/C22H25ClN2O5S/c1-3-4-9-28-11-14-10-22(18(26)29-14)13-21(2,30-19(22)27)17-12-31-20(25-17)24-16-8-6-5-7-15(16)23/h5-8,12,14H,3-4,9-11,13H2,1-2H3,(H,24,25)/t14?,21?,22-/m0/s1. The van der Waals surface area contributed by atoms with Gasteiger partial charge in [-0.3, -0.25) is 9.59 Å². The van der Waals surface area contributed by atoms with Crippen molar-refractivity contribution >= 4 is 45.7 Å². The lowest BCUT2D eigenvalue weighted by Crippen LogP contribution is -2.32. The van der Waals surface area contributed by atoms with Crippen LogP contribution >= 0.6 is 22.9 Å². The summed E-state index contributed by atoms with van der Waals surface area (Å²) in [7, 11) is 0. The topological polar surface area (TPSA) is 86.8 Å². The third kappa shape index (κ3) is 4.29. The van der Waals surface area contributed by atoms with E-state index in [9.17, 15) is 9.59 Å². The Morgan fingerprint density at radius 3 is 2.90 bits per heavy atom. The molecule has 2 unspecified atom stereocenters. The second kappa shape index (κ2) is 8.76. The molecular formula is C22H25ClN2O5S. The number of carbonyl (C=O) groups excluding carboxylic acids is 2. The Morgan fingerprint density at radius 1 is 1.32 bits per heavy atom. The molecule has 3 heterocycles. The first kappa shape index (κ1) is 22.0. The number of thiazole rings is 1. The van der Waals surface area contributed by atoms with Gasteiger partial charge in [-0.2, -0.15) is 0 Å². The maximum Gasteiger partial charge on any atom is 0.324 e. The summed E-state index contributed by atoms with van der Waals surface area (Å²) < 4.78 is 16.8. The molecule has 2 aromatic rings. The van der Waals surface area contributed by atoms with E-state index in [1.54, 1.807) is 13.0 Å². The summed E-state index contributed by atoms with van der Waals surface area (Å²) in [6.45, 7) is 4.77. The van der Waals surface area contributed by atoms with E-state index in [0.717, 1.165) is 18.5 Å². The number of nitrogens with one attached hydrogen (secondary N) is 1. The molecule has 9 heteroatoms. The van der Waals surface area contributed by atoms with Gasteiger partial charge in [0, 0.05) is 24.8 Å². The fourth-order valence-corrected chi connectivity index (χ4v) is 5.05. The van der Waals surface area contributed by atoms with Gasteiger partial charge in [-0.15, -0.1) is 11.3 Å². The average Bonchev–Trinajstić information content (AvgIpc) is 3.39. The van der Waals surface area contributed by atoms with Crippen LogP contribution in [0, 0.1) is 5.41 Å². The summed E-state index contributed by atoms with van der Waals surface area (Å²) >= 11 is 7.58. The van der Waals surface area contributed by atoms with Crippen LogP contribution in [0.4, 0.5) is 10.8 Å². The third-order valence-electron chi connectivity index (χ3n) is 5.70. The first-order chi connectivity index (χ1) is 14.9. The minimum Gasteiger partial charge on any atom is -0.459 e. The molecule has 166 valence electrons. The molecular weight excluding hydrogens is 440 g/mol. The van der Waals surface area contributed by atoms with Crippen molar-refractivity contribution in [3.05, 3.63) is 40.4 Å². The first-order valence-electron chi connectivity index (χ1n) is 10.4. The van der Waals surface area contributed by atoms with Crippen molar-refractivity contribution < 1.29 is 23.8 Å². The van der Waals surface area contributed by atoms with E-state index < -0.39 is 29.1 Å². The molecule has 2 fully saturated rings. The normalized spacial score (nSPS) is 27.5. The van der Waals surface area contributed by atoms with Crippen LogP contribution in [0.15, 0.2) is 29.6 Å². The summed E-state index contributed by atoms with van der Waals surface area (Å²) in [4.78, 5) is 30.1. The minimum absolute atomic E-state index is 0.193. The second-order valence-corrected chi connectivity index (χ2v) is 9.45. The van der Waals surface area contributed by atoms with Crippen LogP contribution in [0.3, 0.4) is 0 Å². The molecule has 0 bridgehead atoms. The number of aromatic nitrogens is 1. The van der Waals surface area contributed by atoms with Crippen molar-refractivity contribution in [2.24, 2.45) is 5.41 Å². The molecule has 0 radical (unpaired) electrons. The van der Waals surface area contributed by atoms with Crippen molar-refractivity contribution in [3.63, 3.8) is 0 Å². The predicted octanol–water partition coefficient (Wildman–Crippen LogP) is 4.82. The Labute approximate surface area is 190 Å². The number of para-hydroxylation sites is 1. The minimum atomic E-state index is -1.30. The van der Waals surface area contributed by atoms with Crippen molar-refractivity contribution in [1.82, 2.24) is 4.98 Å². The molecule has 4 rings (SSSR count). The fraction of sp³-hybridized carbons (Fsp3) is 0.500. The van der Waals surface area contributed by atoms with Gasteiger partial charge in [0.05, 0.1) is 23.0 Å². The van der Waals surface area contributed by atoms with Gasteiger partial charge in [0.2, 0.25) is 0 Å². The number of nitrogens with zero attached hydrogens (tertiary/aromatic N) is 1. The zero-order valence-corrected chi connectivity index (χ0v) is 19.1. The van der Waals surface area contributed by atoms with E-state index in [-0.39, 0.29) is 12.8 Å². The van der Waals surface area contributed by atoms with E-state index >= 15 is 0 Å². The molecule has 7 nitrogen and oxygen atoms in total. The van der Waals surface area contributed by atoms with Crippen LogP contribution in [0.2, 0.25) is 5.02 Å². The van der Waals surface area contributed by atoms with E-state index in [1.165, 1.54) is 11.3 Å². The van der Waals surface area contributed by atoms with Gasteiger partial charge in [0.25, 0.3) is 0 Å². The second-order valence-electron chi connectivity index (χ2n) is 8.18. The average molecular weight is 465 g/mol. The number of benzene rings is 1. The molecule has 0 saturated carbocycles. The summed E-state index contributed by atoms with van der Waals surface area (Å²) in [5, 5.41) is 6.22. The van der Waals surface area contributed by atoms with Gasteiger partial charge < -0.3 is 19.5 Å². The molecule has 1 N–H and O–H groups in total. The lowest BCUT2D eigenvalue weighted by Gasteiger charge is -2.20. The molecule has 31 heavy (non-hydrogen) atoms. The largest absolute Gasteiger partial charge is 0.459 e. The van der Waals surface area contributed by atoms with Crippen molar-refractivity contribution in [1.29, 1.82) is 0 Å². The summed E-state index contributed by atoms with van der Waals surface area (Å²) in [6, 6.07) is 7.37. The fourth-order valence-electron chi connectivity index (χ4n) is 4.02. The highest BCUT2D eigenvalue weighted by molar-refractivity contribution is 7.13. The molecule has 2 aliphatic rings. The molecule has 2 aliphatic heterocycles. The van der Waals surface area contributed by atoms with Crippen molar-refractivity contribution in [3.8, 4) is 0 Å². The van der Waals surface area contributed by atoms with Crippen molar-refractivity contribution in [2.45, 2.75) is 51.2 Å². The first-order valence-corrected chi connectivity index (χ1v) is 11.6. The lowest BCUT2D eigenvalue weighted by molar-refractivity contribution is -0.160. The Hall–Kier alpha value is -2.16. The smallest absolute Gasteiger partial charge is 0.324 e. The zero-order chi connectivity index (χ0) is 22.1. The molecule has 1 aromatic heterocycles. The number of ether oxygens (including phenoxy) is 3. The summed E-state index contributed by atoms with van der Waals surface area (Å²) in [5.41, 5.74) is -0.980. The number of hydrogen-bond acceptors (Lipinski definition) is 8. The number of carbonyl (C=O) groups is 2. The van der Waals surface area contributed by atoms with Gasteiger partial charge in [0.15, 0.2) is 16.1 Å². The van der Waals surface area contributed by atoms with Crippen molar-refractivity contribution in [2.75, 3.05) is 18.5 Å². The monoisotopic (exact) mass is 464 g/mol. The Bertz CT molecular complexity index is 982. The van der Waals surface area contributed by atoms with Crippen LogP contribution in [0.5, 0.6) is 0 Å². The molecule has 1 aromatic carbocycles. The number of anilines is 2. The van der Waals surface area contributed by atoms with Gasteiger partial charge in [-0.05, 0) is 25.5 Å². The number of esters is 2. The number of halogens is 1. The summed E-state index contributed by atoms with van der Waals surface area (Å²) in [6.07, 6.45) is 1.99. The Balaban J connectivity index is 1.46. The van der Waals surface area contributed by atoms with E-state index in [1.807, 2.05) is 23.6 Å². The SMILES string of the molecule is CCCCOCC1C[C@]2(CC(C)(c3csc(Nc4ccccc4Cl)n3)OC2=O)C(=O)O1. The summed E-state index contributed by atoms with van der Waals surface area (Å²) in [5.74, 6) is -1.08. The molecule has 3 atom stereocenters. The Morgan fingerprint density at radius 2 is 2.13 bits per heavy atom. The number of rotatable bonds is 8. The lowest BCUT2D eigenvalue weighted by atomic mass is 9.78. The maximum absolute atomic E-state index is 12.8. The maximum atomic E-state index is 12.8. The van der Waals surface area contributed by atoms with Crippen LogP contribution in [0.1, 0.15) is 45.2 Å². The quantitative estimate of drug-likeness (QED) is 0.340. The molecule has 0 aliphatic carbocycles. The van der Waals surface area contributed by atoms with Crippen LogP contribution in [0.25, 0.3) is 0 Å². The van der Waals surface area contributed by atoms with E-state index in [4.69, 9.17) is 25.8 Å². The molecule has 1 spiro atoms. The van der Waals surface area contributed by atoms with Gasteiger partial charge in [-0.25, -0.2) is 4.98 Å². The van der Waals surface area contributed by atoms with E-state index in [0.29, 0.717) is 29.1 Å². The third-order valence-corrected chi connectivity index (χ3v) is 6.78. The number of hydrogen-bond donors (Lipinski definition) is 1. The number of cyclic esters (lactones) is 2. The predicted molar refractivity (Wildman–Crippen MR) is 118 cm³/mol. The van der Waals surface area contributed by atoms with Crippen LogP contribution < -0.4 is 5.32 Å². The highest BCUT2D eigenvalue weighted by Gasteiger charge is 2.65. The molecule has 2 saturated heterocycles. The van der Waals surface area contributed by atoms with Gasteiger partial charge >= 0.3 is 11.9 Å². The van der Waals surface area contributed by atoms with Crippen LogP contribution in [-0.2, 0) is 29.4 Å². The van der Waals surface area contributed by atoms with Crippen LogP contribution in [-0.4, -0.2) is 36.2 Å². The highest BCUT2D eigenvalue weighted by Crippen LogP contribution is 2.52. The van der Waals surface area contributed by atoms with Gasteiger partial charge in [0.1, 0.15) is 6.10 Å². The highest BCUT2D eigenvalue weighted by atomic mass is 35.5. The molecule has 0 amide bonds. The number of unbranched alkanes of at least 4 members (excludes halogenated alkanes) is 1. The van der Waals surface area contributed by atoms with E-state index in [2.05, 4.69) is 17.2 Å². The van der Waals surface area contributed by atoms with Gasteiger partial charge in [-0.1, -0.05) is 37.1 Å². The zero-order valence-electron chi connectivity index (χ0n) is 17.5.